The fourth-order valence-corrected chi connectivity index (χ4v) is 3.97. The van der Waals surface area contributed by atoms with Gasteiger partial charge in [-0.1, -0.05) is 60.7 Å². The topological polar surface area (TPSA) is 70.0 Å². The van der Waals surface area contributed by atoms with E-state index in [1.165, 1.54) is 12.1 Å². The number of sulfonamides is 1. The van der Waals surface area contributed by atoms with Gasteiger partial charge in [0.1, 0.15) is 0 Å². The molecule has 0 bridgehead atoms. The molecule has 26 heavy (non-hydrogen) atoms. The normalized spacial score (nSPS) is 12.3. The molecule has 1 N–H and O–H groups in total. The summed E-state index contributed by atoms with van der Waals surface area (Å²) in [4.78, 5) is 0.0873. The van der Waals surface area contributed by atoms with Gasteiger partial charge in [0.15, 0.2) is 0 Å². The van der Waals surface area contributed by atoms with Gasteiger partial charge in [-0.15, -0.1) is 0 Å². The maximum absolute atomic E-state index is 12.6. The zero-order valence-corrected chi connectivity index (χ0v) is 15.1. The lowest BCUT2D eigenvalue weighted by atomic mass is 10.0. The lowest BCUT2D eigenvalue weighted by Gasteiger charge is -2.15. The van der Waals surface area contributed by atoms with Crippen molar-refractivity contribution >= 4 is 10.0 Å². The van der Waals surface area contributed by atoms with Gasteiger partial charge in [0.05, 0.1) is 16.5 Å². The van der Waals surface area contributed by atoms with Crippen LogP contribution >= 0.6 is 0 Å². The summed E-state index contributed by atoms with van der Waals surface area (Å²) in [5.74, 6) is 0. The highest BCUT2D eigenvalue weighted by atomic mass is 32.2. The number of nitriles is 1. The standard InChI is InChI=1S/C21H18N2O2S/c1-16(23-26(24,25)21-9-5-6-17(14-21)15-22)18-10-12-20(13-11-18)19-7-3-2-4-8-19/h2-14,16,23H,1H3/t16-/m0/s1. The Bertz CT molecular complexity index is 1040. The Morgan fingerprint density at radius 3 is 2.19 bits per heavy atom. The summed E-state index contributed by atoms with van der Waals surface area (Å²) in [7, 11) is -3.70. The Morgan fingerprint density at radius 2 is 1.54 bits per heavy atom. The van der Waals surface area contributed by atoms with Crippen molar-refractivity contribution in [1.82, 2.24) is 4.72 Å². The molecule has 130 valence electrons. The highest BCUT2D eigenvalue weighted by Crippen LogP contribution is 2.23. The van der Waals surface area contributed by atoms with Crippen molar-refractivity contribution < 1.29 is 8.42 Å². The molecule has 0 unspecified atom stereocenters. The van der Waals surface area contributed by atoms with Crippen molar-refractivity contribution in [1.29, 1.82) is 5.26 Å². The summed E-state index contributed by atoms with van der Waals surface area (Å²) in [5, 5.41) is 8.94. The fourth-order valence-electron chi connectivity index (χ4n) is 2.70. The highest BCUT2D eigenvalue weighted by Gasteiger charge is 2.18. The minimum atomic E-state index is -3.70. The van der Waals surface area contributed by atoms with Crippen LogP contribution in [0.2, 0.25) is 0 Å². The van der Waals surface area contributed by atoms with Crippen molar-refractivity contribution in [3.05, 3.63) is 90.0 Å². The number of rotatable bonds is 5. The molecule has 3 aromatic rings. The monoisotopic (exact) mass is 362 g/mol. The summed E-state index contributed by atoms with van der Waals surface area (Å²) in [6.45, 7) is 1.79. The van der Waals surface area contributed by atoms with Crippen molar-refractivity contribution in [2.24, 2.45) is 0 Å². The van der Waals surface area contributed by atoms with Crippen molar-refractivity contribution in [3.63, 3.8) is 0 Å². The van der Waals surface area contributed by atoms with Gasteiger partial charge < -0.3 is 0 Å². The molecule has 0 heterocycles. The maximum atomic E-state index is 12.6. The van der Waals surface area contributed by atoms with Crippen LogP contribution in [0, 0.1) is 11.3 Å². The molecule has 0 saturated carbocycles. The number of hydrogen-bond donors (Lipinski definition) is 1. The van der Waals surface area contributed by atoms with E-state index in [0.717, 1.165) is 16.7 Å². The lowest BCUT2D eigenvalue weighted by molar-refractivity contribution is 0.567. The summed E-state index contributed by atoms with van der Waals surface area (Å²) in [6, 6.07) is 25.3. The van der Waals surface area contributed by atoms with Crippen LogP contribution in [0.25, 0.3) is 11.1 Å². The van der Waals surface area contributed by atoms with Crippen LogP contribution in [0.15, 0.2) is 83.8 Å². The largest absolute Gasteiger partial charge is 0.241 e. The molecule has 1 atom stereocenters. The van der Waals surface area contributed by atoms with Gasteiger partial charge in [0.25, 0.3) is 0 Å². The number of nitrogens with zero attached hydrogens (tertiary/aromatic N) is 1. The third-order valence-electron chi connectivity index (χ3n) is 4.12. The van der Waals surface area contributed by atoms with Crippen molar-refractivity contribution in [2.45, 2.75) is 17.9 Å². The predicted octanol–water partition coefficient (Wildman–Crippen LogP) is 4.26. The summed E-state index contributed by atoms with van der Waals surface area (Å²) in [5.41, 5.74) is 3.36. The Kier molecular flexibility index (Phi) is 5.17. The van der Waals surface area contributed by atoms with Crippen LogP contribution in [-0.4, -0.2) is 8.42 Å². The lowest BCUT2D eigenvalue weighted by Crippen LogP contribution is -2.26. The SMILES string of the molecule is C[C@H](NS(=O)(=O)c1cccc(C#N)c1)c1ccc(-c2ccccc2)cc1. The minimum absolute atomic E-state index is 0.0873. The molecule has 0 aliphatic carbocycles. The molecule has 0 saturated heterocycles. The Morgan fingerprint density at radius 1 is 0.885 bits per heavy atom. The Labute approximate surface area is 153 Å². The molecule has 0 aromatic heterocycles. The summed E-state index contributed by atoms with van der Waals surface area (Å²) in [6.07, 6.45) is 0. The van der Waals surface area contributed by atoms with E-state index in [9.17, 15) is 8.42 Å². The van der Waals surface area contributed by atoms with Crippen LogP contribution < -0.4 is 4.72 Å². The van der Waals surface area contributed by atoms with Crippen LogP contribution in [0.4, 0.5) is 0 Å². The molecule has 5 heteroatoms. The van der Waals surface area contributed by atoms with Crippen molar-refractivity contribution in [3.8, 4) is 17.2 Å². The van der Waals surface area contributed by atoms with E-state index in [4.69, 9.17) is 5.26 Å². The van der Waals surface area contributed by atoms with Crippen LogP contribution in [0.3, 0.4) is 0 Å². The maximum Gasteiger partial charge on any atom is 0.241 e. The van der Waals surface area contributed by atoms with E-state index in [1.807, 2.05) is 60.7 Å². The van der Waals surface area contributed by atoms with E-state index < -0.39 is 16.1 Å². The quantitative estimate of drug-likeness (QED) is 0.737. The number of hydrogen-bond acceptors (Lipinski definition) is 3. The van der Waals surface area contributed by atoms with E-state index in [-0.39, 0.29) is 4.90 Å². The van der Waals surface area contributed by atoms with E-state index in [0.29, 0.717) is 5.56 Å². The first kappa shape index (κ1) is 17.9. The van der Waals surface area contributed by atoms with Crippen LogP contribution in [0.1, 0.15) is 24.1 Å². The van der Waals surface area contributed by atoms with Gasteiger partial charge in [-0.25, -0.2) is 13.1 Å². The Hall–Kier alpha value is -2.94. The van der Waals surface area contributed by atoms with Crippen LogP contribution in [0.5, 0.6) is 0 Å². The van der Waals surface area contributed by atoms with Gasteiger partial charge in [-0.3, -0.25) is 0 Å². The average Bonchev–Trinajstić information content (AvgIpc) is 2.68. The fraction of sp³-hybridized carbons (Fsp3) is 0.0952. The molecular formula is C21H18N2O2S. The highest BCUT2D eigenvalue weighted by molar-refractivity contribution is 7.89. The summed E-state index contributed by atoms with van der Waals surface area (Å²) >= 11 is 0. The molecule has 4 nitrogen and oxygen atoms in total. The molecule has 0 aliphatic rings. The molecule has 0 amide bonds. The second kappa shape index (κ2) is 7.52. The third kappa shape index (κ3) is 3.99. The van der Waals surface area contributed by atoms with E-state index in [2.05, 4.69) is 4.72 Å². The molecule has 3 aromatic carbocycles. The first-order valence-corrected chi connectivity index (χ1v) is 9.66. The third-order valence-corrected chi connectivity index (χ3v) is 5.66. The zero-order valence-electron chi connectivity index (χ0n) is 14.3. The second-order valence-electron chi connectivity index (χ2n) is 5.97. The molecule has 0 spiro atoms. The first-order chi connectivity index (χ1) is 12.5. The Balaban J connectivity index is 1.79. The van der Waals surface area contributed by atoms with Gasteiger partial charge >= 0.3 is 0 Å². The number of benzene rings is 3. The van der Waals surface area contributed by atoms with Gasteiger partial charge in [0, 0.05) is 6.04 Å². The number of nitrogens with one attached hydrogen (secondary N) is 1. The zero-order chi connectivity index (χ0) is 18.6. The molecule has 0 radical (unpaired) electrons. The van der Waals surface area contributed by atoms with Crippen molar-refractivity contribution in [2.75, 3.05) is 0 Å². The van der Waals surface area contributed by atoms with Gasteiger partial charge in [-0.2, -0.15) is 5.26 Å². The average molecular weight is 362 g/mol. The van der Waals surface area contributed by atoms with Gasteiger partial charge in [-0.05, 0) is 41.8 Å². The molecular weight excluding hydrogens is 344 g/mol. The minimum Gasteiger partial charge on any atom is -0.207 e. The van der Waals surface area contributed by atoms with Crippen LogP contribution in [-0.2, 0) is 10.0 Å². The smallest absolute Gasteiger partial charge is 0.207 e. The second-order valence-corrected chi connectivity index (χ2v) is 7.68. The first-order valence-electron chi connectivity index (χ1n) is 8.17. The summed E-state index contributed by atoms with van der Waals surface area (Å²) < 4.78 is 27.8. The molecule has 0 fully saturated rings. The predicted molar refractivity (Wildman–Crippen MR) is 102 cm³/mol. The molecule has 3 rings (SSSR count). The van der Waals surface area contributed by atoms with Gasteiger partial charge in [0.2, 0.25) is 10.0 Å². The van der Waals surface area contributed by atoms with E-state index in [1.54, 1.807) is 19.1 Å². The molecule has 0 aliphatic heterocycles. The van der Waals surface area contributed by atoms with E-state index >= 15 is 0 Å².